The van der Waals surface area contributed by atoms with E-state index in [9.17, 15) is 34.2 Å². The van der Waals surface area contributed by atoms with E-state index in [0.29, 0.717) is 12.0 Å². The number of ether oxygens (including phenoxy) is 4. The molecule has 47 heavy (non-hydrogen) atoms. The molecule has 1 aliphatic heterocycles. The lowest BCUT2D eigenvalue weighted by molar-refractivity contribution is -0.388. The third-order valence-corrected chi connectivity index (χ3v) is 13.0. The third kappa shape index (κ3) is 4.46. The largest absolute Gasteiger partial charge is 0.472 e. The number of aliphatic hydroxyl groups excluding tert-OH is 2. The van der Waals surface area contributed by atoms with Crippen LogP contribution >= 0.6 is 0 Å². The van der Waals surface area contributed by atoms with Crippen molar-refractivity contribution in [3.8, 4) is 0 Å². The molecule has 12 nitrogen and oxygen atoms in total. The number of furan rings is 1. The van der Waals surface area contributed by atoms with Crippen molar-refractivity contribution in [3.05, 3.63) is 24.2 Å². The van der Waals surface area contributed by atoms with Crippen LogP contribution in [-0.4, -0.2) is 77.0 Å². The van der Waals surface area contributed by atoms with Crippen molar-refractivity contribution >= 4 is 29.5 Å². The van der Waals surface area contributed by atoms with Crippen LogP contribution in [0.4, 0.5) is 0 Å². The highest BCUT2D eigenvalue weighted by Gasteiger charge is 2.82. The zero-order valence-electron chi connectivity index (χ0n) is 28.0. The lowest BCUT2D eigenvalue weighted by Gasteiger charge is -2.73. The summed E-state index contributed by atoms with van der Waals surface area (Å²) in [5.41, 5.74) is -4.33. The van der Waals surface area contributed by atoms with Crippen molar-refractivity contribution in [2.75, 3.05) is 6.61 Å². The second-order valence-electron chi connectivity index (χ2n) is 15.4. The molecule has 2 bridgehead atoms. The fourth-order valence-corrected chi connectivity index (χ4v) is 11.0. The first-order valence-electron chi connectivity index (χ1n) is 16.6. The van der Waals surface area contributed by atoms with Gasteiger partial charge in [0.2, 0.25) is 6.29 Å². The highest BCUT2D eigenvalue weighted by Crippen LogP contribution is 2.75. The van der Waals surface area contributed by atoms with Gasteiger partial charge in [0.1, 0.15) is 17.7 Å². The summed E-state index contributed by atoms with van der Waals surface area (Å²) >= 11 is 0. The van der Waals surface area contributed by atoms with E-state index in [1.807, 2.05) is 20.8 Å². The second-order valence-corrected chi connectivity index (χ2v) is 15.4. The maximum Gasteiger partial charge on any atom is 0.310 e. The summed E-state index contributed by atoms with van der Waals surface area (Å²) in [6, 6.07) is 1.73. The summed E-state index contributed by atoms with van der Waals surface area (Å²) in [6.45, 7) is 11.0. The van der Waals surface area contributed by atoms with Crippen LogP contribution in [-0.2, 0) is 42.9 Å². The fourth-order valence-electron chi connectivity index (χ4n) is 11.0. The molecular weight excluding hydrogens is 612 g/mol. The monoisotopic (exact) mass is 658 g/mol. The van der Waals surface area contributed by atoms with E-state index in [0.717, 1.165) is 0 Å². The van der Waals surface area contributed by atoms with E-state index < -0.39 is 99.9 Å². The van der Waals surface area contributed by atoms with Crippen LogP contribution in [0.3, 0.4) is 0 Å². The second kappa shape index (κ2) is 11.2. The number of esters is 3. The molecule has 1 aromatic rings. The van der Waals surface area contributed by atoms with E-state index in [-0.39, 0.29) is 37.4 Å². The molecule has 2 N–H and O–H groups in total. The Morgan fingerprint density at radius 1 is 1.00 bits per heavy atom. The number of hydrogen-bond acceptors (Lipinski definition) is 12. The summed E-state index contributed by atoms with van der Waals surface area (Å²) in [6.07, 6.45) is -3.24. The van der Waals surface area contributed by atoms with Crippen molar-refractivity contribution < 1.29 is 57.6 Å². The van der Waals surface area contributed by atoms with Gasteiger partial charge in [-0.2, -0.15) is 0 Å². The number of hydrogen-bond donors (Lipinski definition) is 2. The Morgan fingerprint density at radius 2 is 1.68 bits per heavy atom. The van der Waals surface area contributed by atoms with Gasteiger partial charge in [-0.05, 0) is 43.1 Å². The van der Waals surface area contributed by atoms with Gasteiger partial charge >= 0.3 is 17.9 Å². The highest BCUT2D eigenvalue weighted by atomic mass is 16.7. The number of rotatable bonds is 6. The minimum Gasteiger partial charge on any atom is -0.472 e. The van der Waals surface area contributed by atoms with E-state index in [4.69, 9.17) is 23.4 Å². The molecule has 0 amide bonds. The number of Topliss-reactive ketones (excluding diaryl/α,β-unsaturated/α-hetero) is 2. The smallest absolute Gasteiger partial charge is 0.310 e. The number of ketones is 2. The van der Waals surface area contributed by atoms with Gasteiger partial charge < -0.3 is 33.6 Å². The van der Waals surface area contributed by atoms with Gasteiger partial charge in [-0.15, -0.1) is 0 Å². The van der Waals surface area contributed by atoms with Crippen molar-refractivity contribution in [1.29, 1.82) is 0 Å². The van der Waals surface area contributed by atoms with E-state index in [1.165, 1.54) is 26.4 Å². The van der Waals surface area contributed by atoms with Crippen molar-refractivity contribution in [1.82, 2.24) is 0 Å². The minimum absolute atomic E-state index is 0.0102. The summed E-state index contributed by atoms with van der Waals surface area (Å²) in [5.74, 6) is -5.76. The van der Waals surface area contributed by atoms with Crippen molar-refractivity contribution in [3.63, 3.8) is 0 Å². The molecule has 0 unspecified atom stereocenters. The molecule has 0 radical (unpaired) electrons. The predicted molar refractivity (Wildman–Crippen MR) is 161 cm³/mol. The molecule has 0 aromatic carbocycles. The van der Waals surface area contributed by atoms with Gasteiger partial charge in [0, 0.05) is 49.0 Å². The summed E-state index contributed by atoms with van der Waals surface area (Å²) in [7, 11) is 0. The predicted octanol–water partition coefficient (Wildman–Crippen LogP) is 3.11. The molecular formula is C35H46O12. The molecule has 5 fully saturated rings. The highest BCUT2D eigenvalue weighted by molar-refractivity contribution is 5.94. The zero-order valence-corrected chi connectivity index (χ0v) is 28.0. The standard InChI is InChI=1S/C35H46O12/c1-8-16(2)30(42)47-31-34(7)23-12-24(40)33(6)22-11-20(38)25(19-9-10-43-14-19)32(22,5)13-21(39)27(33)35(23,15-44-31)28(41)26(45-17(3)36)29(34)46-18(4)37/h9-10,14,16,22-29,31,40-41H,8,11-13,15H2,1-7H3/t16-,22+,23+,24-,25-,26+,27-,28+,29+,31+,32+,33+,34+,35-/m1/s1. The number of aliphatic hydroxyl groups is 2. The Hall–Kier alpha value is -3.09. The van der Waals surface area contributed by atoms with Crippen LogP contribution in [0, 0.1) is 45.3 Å². The normalized spacial score (nSPS) is 46.0. The van der Waals surface area contributed by atoms with Crippen molar-refractivity contribution in [2.24, 2.45) is 45.3 Å². The Bertz CT molecular complexity index is 1470. The molecule has 2 heterocycles. The number of carbonyl (C=O) groups is 5. The van der Waals surface area contributed by atoms with Gasteiger partial charge in [0.15, 0.2) is 12.2 Å². The van der Waals surface area contributed by atoms with Crippen LogP contribution < -0.4 is 0 Å². The summed E-state index contributed by atoms with van der Waals surface area (Å²) in [4.78, 5) is 66.9. The molecule has 14 atom stereocenters. The summed E-state index contributed by atoms with van der Waals surface area (Å²) < 4.78 is 29.2. The average Bonchev–Trinajstić information content (AvgIpc) is 3.60. The summed E-state index contributed by atoms with van der Waals surface area (Å²) in [5, 5.41) is 24.8. The third-order valence-electron chi connectivity index (χ3n) is 13.0. The first kappa shape index (κ1) is 33.8. The lowest BCUT2D eigenvalue weighted by Crippen LogP contribution is -2.82. The molecule has 258 valence electrons. The molecule has 4 aliphatic carbocycles. The molecule has 0 spiro atoms. The Balaban J connectivity index is 1.53. The maximum absolute atomic E-state index is 14.8. The fraction of sp³-hybridized carbons (Fsp3) is 0.743. The van der Waals surface area contributed by atoms with Crippen LogP contribution in [0.2, 0.25) is 0 Å². The minimum atomic E-state index is -1.58. The van der Waals surface area contributed by atoms with Gasteiger partial charge in [0.05, 0.1) is 42.5 Å². The Labute approximate surface area is 273 Å². The molecule has 6 rings (SSSR count). The van der Waals surface area contributed by atoms with Crippen LogP contribution in [0.5, 0.6) is 0 Å². The quantitative estimate of drug-likeness (QED) is 0.338. The van der Waals surface area contributed by atoms with E-state index >= 15 is 0 Å². The van der Waals surface area contributed by atoms with Gasteiger partial charge in [-0.25, -0.2) is 0 Å². The molecule has 1 aromatic heterocycles. The molecule has 5 aliphatic rings. The molecule has 4 saturated carbocycles. The Kier molecular flexibility index (Phi) is 8.08. The lowest BCUT2D eigenvalue weighted by atomic mass is 9.34. The number of fused-ring (bicyclic) bond motifs is 3. The van der Waals surface area contributed by atoms with Crippen LogP contribution in [0.1, 0.15) is 85.6 Å². The maximum atomic E-state index is 14.8. The number of carbonyl (C=O) groups excluding carboxylic acids is 5. The topological polar surface area (TPSA) is 176 Å². The van der Waals surface area contributed by atoms with Crippen molar-refractivity contribution in [2.45, 2.75) is 111 Å². The first-order chi connectivity index (χ1) is 22.0. The molecule has 12 heteroatoms. The Morgan fingerprint density at radius 3 is 2.28 bits per heavy atom. The average molecular weight is 659 g/mol. The van der Waals surface area contributed by atoms with Gasteiger partial charge in [0.25, 0.3) is 0 Å². The van der Waals surface area contributed by atoms with Crippen LogP contribution in [0.25, 0.3) is 0 Å². The van der Waals surface area contributed by atoms with E-state index in [1.54, 1.807) is 19.9 Å². The van der Waals surface area contributed by atoms with Crippen LogP contribution in [0.15, 0.2) is 23.0 Å². The van der Waals surface area contributed by atoms with E-state index in [2.05, 4.69) is 0 Å². The zero-order chi connectivity index (χ0) is 34.4. The molecule has 1 saturated heterocycles. The first-order valence-corrected chi connectivity index (χ1v) is 16.6. The van der Waals surface area contributed by atoms with Gasteiger partial charge in [-0.3, -0.25) is 24.0 Å². The SMILES string of the molecule is CC[C@@H](C)C(=O)O[C@@H]1OC[C@]23[C@@H]4C(=O)C[C@]5(C)[C@H](c6ccoc6)C(=O)C[C@@H]5[C@@]4(C)[C@H](O)C[C@H]2[C@@]1(C)[C@@H](OC(C)=O)[C@@H](OC(C)=O)[C@@H]3O. The van der Waals surface area contributed by atoms with Gasteiger partial charge in [-0.1, -0.05) is 27.7 Å².